The van der Waals surface area contributed by atoms with Crippen molar-refractivity contribution in [2.24, 2.45) is 0 Å². The molecule has 0 saturated carbocycles. The van der Waals surface area contributed by atoms with E-state index >= 15 is 0 Å². The van der Waals surface area contributed by atoms with Gasteiger partial charge in [-0.05, 0) is 0 Å². The summed E-state index contributed by atoms with van der Waals surface area (Å²) in [5.41, 5.74) is 0. The Morgan fingerprint density at radius 2 is 0.900 bits per heavy atom. The second kappa shape index (κ2) is 16.6. The Hall–Kier alpha value is 1.11. The fraction of sp³-hybridized carbons (Fsp3) is 0. The summed E-state index contributed by atoms with van der Waals surface area (Å²) in [5.74, 6) is 0. The average Bonchev–Trinajstić information content (AvgIpc) is 0.722. The molecule has 0 atom stereocenters. The molecule has 10 heavy (non-hydrogen) atoms. The Bertz CT molecular complexity index is 59.7. The van der Waals surface area contributed by atoms with Crippen molar-refractivity contribution in [3.05, 3.63) is 0 Å². The first-order chi connectivity index (χ1) is 2.00. The van der Waals surface area contributed by atoms with E-state index in [0.717, 1.165) is 0 Å². The third-order valence-corrected chi connectivity index (χ3v) is 0. The quantitative estimate of drug-likeness (QED) is 0.276. The monoisotopic (exact) mass is 216 g/mol. The van der Waals surface area contributed by atoms with Crippen LogP contribution < -0.4 is 0 Å². The zero-order valence-electron chi connectivity index (χ0n) is 4.05. The molecule has 0 saturated heterocycles. The van der Waals surface area contributed by atoms with E-state index < -0.39 is 7.82 Å². The number of hydrogen-bond acceptors (Lipinski definition) is 1. The van der Waals surface area contributed by atoms with Gasteiger partial charge in [0.2, 0.25) is 0 Å². The van der Waals surface area contributed by atoms with Gasteiger partial charge < -0.3 is 31.1 Å². The van der Waals surface area contributed by atoms with Crippen LogP contribution in [0.25, 0.3) is 0 Å². The Labute approximate surface area is 79.6 Å². The summed E-state index contributed by atoms with van der Waals surface area (Å²) >= 11 is 0. The summed E-state index contributed by atoms with van der Waals surface area (Å²) in [6.07, 6.45) is 0. The summed E-state index contributed by atoms with van der Waals surface area (Å²) in [6.45, 7) is 0. The Morgan fingerprint density at radius 3 is 0.900 bits per heavy atom. The molecule has 0 heterocycles. The second-order valence-corrected chi connectivity index (χ2v) is 1.54. The molecule has 0 aromatic carbocycles. The van der Waals surface area contributed by atoms with Gasteiger partial charge in [-0.2, -0.15) is 0 Å². The molecule has 0 aromatic rings. The SMILES string of the molecule is O.O.O.O=P(O)(O)O.[Fe].[LiH]. The van der Waals surface area contributed by atoms with E-state index in [4.69, 9.17) is 19.2 Å². The van der Waals surface area contributed by atoms with Gasteiger partial charge in [-0.1, -0.05) is 0 Å². The van der Waals surface area contributed by atoms with Crippen LogP contribution in [0.3, 0.4) is 0 Å². The van der Waals surface area contributed by atoms with Crippen LogP contribution in [0.1, 0.15) is 0 Å². The molecule has 0 bridgehead atoms. The van der Waals surface area contributed by atoms with Gasteiger partial charge in [0, 0.05) is 17.1 Å². The van der Waals surface area contributed by atoms with Crippen molar-refractivity contribution in [2.45, 2.75) is 0 Å². The van der Waals surface area contributed by atoms with Crippen LogP contribution >= 0.6 is 7.82 Å². The van der Waals surface area contributed by atoms with Crippen molar-refractivity contribution < 1.29 is 52.7 Å². The third kappa shape index (κ3) is 489. The predicted octanol–water partition coefficient (Wildman–Crippen LogP) is -4.05. The van der Waals surface area contributed by atoms with Gasteiger partial charge in [-0.25, -0.2) is 4.57 Å². The third-order valence-electron chi connectivity index (χ3n) is 0. The van der Waals surface area contributed by atoms with Crippen LogP contribution in [0.2, 0.25) is 0 Å². The fourth-order valence-electron chi connectivity index (χ4n) is 0. The van der Waals surface area contributed by atoms with Crippen molar-refractivity contribution in [2.75, 3.05) is 0 Å². The molecule has 0 aromatic heterocycles. The van der Waals surface area contributed by atoms with Crippen molar-refractivity contribution in [1.82, 2.24) is 0 Å². The topological polar surface area (TPSA) is 172 Å². The van der Waals surface area contributed by atoms with Crippen LogP contribution in [-0.2, 0) is 21.6 Å². The summed E-state index contributed by atoms with van der Waals surface area (Å²) in [5, 5.41) is 0. The van der Waals surface area contributed by atoms with Crippen LogP contribution in [0, 0.1) is 0 Å². The van der Waals surface area contributed by atoms with Gasteiger partial charge in [0.05, 0.1) is 0 Å². The number of rotatable bonds is 0. The van der Waals surface area contributed by atoms with Gasteiger partial charge in [-0.3, -0.25) is 0 Å². The molecule has 0 aliphatic rings. The molecular weight excluding hydrogens is 206 g/mol. The predicted molar refractivity (Wildman–Crippen MR) is 32.3 cm³/mol. The first kappa shape index (κ1) is 43.5. The van der Waals surface area contributed by atoms with Crippen molar-refractivity contribution in [3.8, 4) is 0 Å². The molecular formula is H10FeLiO7P. The zero-order chi connectivity index (χ0) is 4.50. The van der Waals surface area contributed by atoms with E-state index in [1.54, 1.807) is 0 Å². The first-order valence-corrected chi connectivity index (χ1v) is 2.35. The normalized spacial score (nSPS) is 5.90. The minimum atomic E-state index is -4.64. The van der Waals surface area contributed by atoms with Crippen molar-refractivity contribution in [1.29, 1.82) is 0 Å². The van der Waals surface area contributed by atoms with Gasteiger partial charge in [-0.15, -0.1) is 0 Å². The molecule has 0 unspecified atom stereocenters. The average molecular weight is 216 g/mol. The van der Waals surface area contributed by atoms with Gasteiger partial charge in [0.1, 0.15) is 0 Å². The van der Waals surface area contributed by atoms with E-state index in [-0.39, 0.29) is 52.4 Å². The summed E-state index contributed by atoms with van der Waals surface area (Å²) in [6, 6.07) is 0. The molecule has 0 aliphatic carbocycles. The fourth-order valence-corrected chi connectivity index (χ4v) is 0. The van der Waals surface area contributed by atoms with Gasteiger partial charge in [0.25, 0.3) is 0 Å². The van der Waals surface area contributed by atoms with Crippen molar-refractivity contribution in [3.63, 3.8) is 0 Å². The molecule has 0 rings (SSSR count). The minimum absolute atomic E-state index is 0. The van der Waals surface area contributed by atoms with Crippen LogP contribution in [0.5, 0.6) is 0 Å². The molecule has 0 amide bonds. The van der Waals surface area contributed by atoms with Gasteiger partial charge >= 0.3 is 26.7 Å². The van der Waals surface area contributed by atoms with E-state index in [9.17, 15) is 0 Å². The number of hydrogen-bond donors (Lipinski definition) is 3. The Morgan fingerprint density at radius 1 is 0.900 bits per heavy atom. The molecule has 0 fully saturated rings. The van der Waals surface area contributed by atoms with E-state index in [1.165, 1.54) is 0 Å². The van der Waals surface area contributed by atoms with E-state index in [1.807, 2.05) is 0 Å². The molecule has 7 nitrogen and oxygen atoms in total. The molecule has 0 radical (unpaired) electrons. The first-order valence-electron chi connectivity index (χ1n) is 0.783. The Kier molecular flexibility index (Phi) is 72.2. The zero-order valence-corrected chi connectivity index (χ0v) is 6.05. The molecule has 0 aliphatic heterocycles. The molecule has 66 valence electrons. The number of phosphoric acid groups is 1. The second-order valence-electron chi connectivity index (χ2n) is 0.513. The van der Waals surface area contributed by atoms with Crippen LogP contribution in [-0.4, -0.2) is 50.0 Å². The summed E-state index contributed by atoms with van der Waals surface area (Å²) in [7, 11) is -4.64. The Balaban J connectivity index is -0.00000000800. The molecule has 9 N–H and O–H groups in total. The van der Waals surface area contributed by atoms with Crippen LogP contribution in [0.4, 0.5) is 0 Å². The van der Waals surface area contributed by atoms with E-state index in [0.29, 0.717) is 0 Å². The van der Waals surface area contributed by atoms with E-state index in [2.05, 4.69) is 0 Å². The standard InChI is InChI=1S/Fe.Li.H3O4P.3H2O.H/c;;1-5(2,3)4;;;;/h;;(H3,1,2,3,4);3*1H2;. The molecule has 0 spiro atoms. The summed E-state index contributed by atoms with van der Waals surface area (Å²) < 4.78 is 8.88. The summed E-state index contributed by atoms with van der Waals surface area (Å²) in [4.78, 5) is 21.6. The van der Waals surface area contributed by atoms with Crippen LogP contribution in [0.15, 0.2) is 0 Å². The maximum atomic E-state index is 8.88. The van der Waals surface area contributed by atoms with Crippen molar-refractivity contribution >= 4 is 26.7 Å². The van der Waals surface area contributed by atoms with Gasteiger partial charge in [0.15, 0.2) is 0 Å². The maximum absolute atomic E-state index is 8.88. The molecule has 10 heteroatoms.